The number of hydrogen-bond donors (Lipinski definition) is 2. The van der Waals surface area contributed by atoms with Crippen molar-refractivity contribution in [2.45, 2.75) is 12.6 Å². The van der Waals surface area contributed by atoms with Crippen LogP contribution >= 0.6 is 0 Å². The van der Waals surface area contributed by atoms with Crippen LogP contribution in [0.2, 0.25) is 0 Å². The highest BCUT2D eigenvalue weighted by Crippen LogP contribution is 2.21. The van der Waals surface area contributed by atoms with Gasteiger partial charge in [-0.05, 0) is 29.8 Å². The maximum Gasteiger partial charge on any atom is 0.118 e. The van der Waals surface area contributed by atoms with Crippen LogP contribution in [0, 0.1) is 0 Å². The van der Waals surface area contributed by atoms with Crippen LogP contribution in [0.3, 0.4) is 0 Å². The van der Waals surface area contributed by atoms with E-state index in [2.05, 4.69) is 15.4 Å². The first kappa shape index (κ1) is 17.1. The maximum absolute atomic E-state index is 10.3. The van der Waals surface area contributed by atoms with Crippen LogP contribution in [0.5, 0.6) is 5.75 Å². The summed E-state index contributed by atoms with van der Waals surface area (Å²) in [5.74, 6) is 0.779. The molecule has 0 radical (unpaired) electrons. The lowest BCUT2D eigenvalue weighted by molar-refractivity contribution is 0.174. The Hall–Kier alpha value is -2.70. The van der Waals surface area contributed by atoms with Crippen LogP contribution in [0.15, 0.2) is 55.0 Å². The van der Waals surface area contributed by atoms with Gasteiger partial charge < -0.3 is 15.2 Å². The highest BCUT2D eigenvalue weighted by atomic mass is 16.5. The fourth-order valence-electron chi connectivity index (χ4n) is 2.71. The molecule has 0 saturated carbocycles. The van der Waals surface area contributed by atoms with Crippen molar-refractivity contribution in [3.05, 3.63) is 66.1 Å². The van der Waals surface area contributed by atoms with E-state index in [0.29, 0.717) is 13.1 Å². The standard InChI is InChI=1S/C19H22N4O2/c1-23-13-16(19(22-23)15-7-9-20-10-8-15)11-21-12-18(24)14-3-5-17(25-2)6-4-14/h3-10,13,18,21,24H,11-12H2,1-2H3/t18-/m1/s1. The van der Waals surface area contributed by atoms with E-state index in [1.54, 1.807) is 24.2 Å². The summed E-state index contributed by atoms with van der Waals surface area (Å²) < 4.78 is 6.93. The topological polar surface area (TPSA) is 72.2 Å². The quantitative estimate of drug-likeness (QED) is 0.692. The largest absolute Gasteiger partial charge is 0.497 e. The summed E-state index contributed by atoms with van der Waals surface area (Å²) in [7, 11) is 3.53. The number of pyridine rings is 1. The van der Waals surface area contributed by atoms with E-state index in [1.807, 2.05) is 49.6 Å². The minimum Gasteiger partial charge on any atom is -0.497 e. The molecule has 0 saturated heterocycles. The first-order chi connectivity index (χ1) is 12.2. The van der Waals surface area contributed by atoms with Crippen LogP contribution in [0.25, 0.3) is 11.3 Å². The zero-order chi connectivity index (χ0) is 17.6. The summed E-state index contributed by atoms with van der Waals surface area (Å²) in [6, 6.07) is 11.3. The molecule has 0 unspecified atom stereocenters. The SMILES string of the molecule is COc1ccc([C@H](O)CNCc2cn(C)nc2-c2ccncc2)cc1. The average Bonchev–Trinajstić information content (AvgIpc) is 3.03. The van der Waals surface area contributed by atoms with Crippen LogP contribution in [0.1, 0.15) is 17.2 Å². The number of nitrogens with one attached hydrogen (secondary N) is 1. The van der Waals surface area contributed by atoms with Gasteiger partial charge in [0.2, 0.25) is 0 Å². The number of ether oxygens (including phenoxy) is 1. The zero-order valence-corrected chi connectivity index (χ0v) is 14.4. The third-order valence-electron chi connectivity index (χ3n) is 4.01. The molecule has 0 aliphatic carbocycles. The van der Waals surface area contributed by atoms with Crippen molar-refractivity contribution in [2.75, 3.05) is 13.7 Å². The van der Waals surface area contributed by atoms with Gasteiger partial charge in [0.1, 0.15) is 5.75 Å². The van der Waals surface area contributed by atoms with Crippen LogP contribution in [0.4, 0.5) is 0 Å². The average molecular weight is 338 g/mol. The van der Waals surface area contributed by atoms with E-state index in [4.69, 9.17) is 4.74 Å². The second kappa shape index (κ2) is 7.92. The van der Waals surface area contributed by atoms with Crippen molar-refractivity contribution in [3.8, 4) is 17.0 Å². The number of aliphatic hydroxyl groups excluding tert-OH is 1. The molecule has 6 nitrogen and oxygen atoms in total. The number of nitrogens with zero attached hydrogens (tertiary/aromatic N) is 3. The van der Waals surface area contributed by atoms with Crippen LogP contribution in [-0.2, 0) is 13.6 Å². The van der Waals surface area contributed by atoms with Crippen LogP contribution < -0.4 is 10.1 Å². The number of benzene rings is 1. The predicted octanol–water partition coefficient (Wildman–Crippen LogP) is 2.31. The molecule has 0 aliphatic heterocycles. The van der Waals surface area contributed by atoms with Crippen molar-refractivity contribution in [3.63, 3.8) is 0 Å². The molecular formula is C19H22N4O2. The molecule has 0 amide bonds. The molecule has 25 heavy (non-hydrogen) atoms. The molecule has 0 spiro atoms. The molecule has 2 heterocycles. The van der Waals surface area contributed by atoms with Crippen molar-refractivity contribution in [2.24, 2.45) is 7.05 Å². The van der Waals surface area contributed by atoms with E-state index >= 15 is 0 Å². The van der Waals surface area contributed by atoms with Gasteiger partial charge in [0, 0.05) is 49.9 Å². The van der Waals surface area contributed by atoms with Crippen molar-refractivity contribution in [1.82, 2.24) is 20.1 Å². The Morgan fingerprint density at radius 3 is 2.56 bits per heavy atom. The Morgan fingerprint density at radius 1 is 1.16 bits per heavy atom. The molecule has 130 valence electrons. The third-order valence-corrected chi connectivity index (χ3v) is 4.01. The first-order valence-corrected chi connectivity index (χ1v) is 8.13. The smallest absolute Gasteiger partial charge is 0.118 e. The Bertz CT molecular complexity index is 800. The zero-order valence-electron chi connectivity index (χ0n) is 14.4. The Kier molecular flexibility index (Phi) is 5.42. The summed E-state index contributed by atoms with van der Waals surface area (Å²) in [6.07, 6.45) is 4.93. The Balaban J connectivity index is 1.62. The van der Waals surface area contributed by atoms with Crippen LogP contribution in [-0.4, -0.2) is 33.5 Å². The molecule has 2 aromatic heterocycles. The second-order valence-electron chi connectivity index (χ2n) is 5.83. The van der Waals surface area contributed by atoms with Crippen molar-refractivity contribution in [1.29, 1.82) is 0 Å². The minimum atomic E-state index is -0.577. The van der Waals surface area contributed by atoms with Gasteiger partial charge >= 0.3 is 0 Å². The summed E-state index contributed by atoms with van der Waals surface area (Å²) in [4.78, 5) is 4.05. The molecular weight excluding hydrogens is 316 g/mol. The van der Waals surface area contributed by atoms with Crippen molar-refractivity contribution >= 4 is 0 Å². The number of hydrogen-bond acceptors (Lipinski definition) is 5. The van der Waals surface area contributed by atoms with E-state index < -0.39 is 6.10 Å². The monoisotopic (exact) mass is 338 g/mol. The fourth-order valence-corrected chi connectivity index (χ4v) is 2.71. The lowest BCUT2D eigenvalue weighted by Gasteiger charge is -2.13. The normalized spacial score (nSPS) is 12.1. The summed E-state index contributed by atoms with van der Waals surface area (Å²) in [6.45, 7) is 1.08. The van der Waals surface area contributed by atoms with Gasteiger partial charge in [-0.3, -0.25) is 9.67 Å². The second-order valence-corrected chi connectivity index (χ2v) is 5.83. The number of rotatable bonds is 7. The van der Waals surface area contributed by atoms with Gasteiger partial charge in [0.25, 0.3) is 0 Å². The molecule has 0 bridgehead atoms. The number of aromatic nitrogens is 3. The van der Waals surface area contributed by atoms with E-state index in [0.717, 1.165) is 28.1 Å². The van der Waals surface area contributed by atoms with E-state index in [1.165, 1.54) is 0 Å². The van der Waals surface area contributed by atoms with Gasteiger partial charge in [-0.1, -0.05) is 12.1 Å². The lowest BCUT2D eigenvalue weighted by atomic mass is 10.1. The molecule has 0 aliphatic rings. The van der Waals surface area contributed by atoms with Gasteiger partial charge in [0.15, 0.2) is 0 Å². The molecule has 1 atom stereocenters. The lowest BCUT2D eigenvalue weighted by Crippen LogP contribution is -2.21. The Labute approximate surface area is 147 Å². The highest BCUT2D eigenvalue weighted by molar-refractivity contribution is 5.61. The molecule has 0 fully saturated rings. The minimum absolute atomic E-state index is 0.455. The highest BCUT2D eigenvalue weighted by Gasteiger charge is 2.11. The molecule has 2 N–H and O–H groups in total. The number of methoxy groups -OCH3 is 1. The fraction of sp³-hybridized carbons (Fsp3) is 0.263. The molecule has 3 rings (SSSR count). The van der Waals surface area contributed by atoms with E-state index in [-0.39, 0.29) is 0 Å². The number of aliphatic hydroxyl groups is 1. The summed E-state index contributed by atoms with van der Waals surface area (Å²) >= 11 is 0. The molecule has 3 aromatic rings. The summed E-state index contributed by atoms with van der Waals surface area (Å²) in [5, 5.41) is 18.2. The van der Waals surface area contributed by atoms with Crippen molar-refractivity contribution < 1.29 is 9.84 Å². The van der Waals surface area contributed by atoms with Gasteiger partial charge in [0.05, 0.1) is 18.9 Å². The molecule has 6 heteroatoms. The predicted molar refractivity (Wildman–Crippen MR) is 96.1 cm³/mol. The number of aryl methyl sites for hydroxylation is 1. The summed E-state index contributed by atoms with van der Waals surface area (Å²) in [5.41, 5.74) is 3.89. The van der Waals surface area contributed by atoms with Gasteiger partial charge in [-0.25, -0.2) is 0 Å². The van der Waals surface area contributed by atoms with E-state index in [9.17, 15) is 5.11 Å². The molecule has 1 aromatic carbocycles. The Morgan fingerprint density at radius 2 is 1.88 bits per heavy atom. The first-order valence-electron chi connectivity index (χ1n) is 8.13. The van der Waals surface area contributed by atoms with Gasteiger partial charge in [-0.15, -0.1) is 0 Å². The maximum atomic E-state index is 10.3. The van der Waals surface area contributed by atoms with Gasteiger partial charge in [-0.2, -0.15) is 5.10 Å². The third kappa shape index (κ3) is 4.23.